The van der Waals surface area contributed by atoms with Crippen molar-refractivity contribution < 1.29 is 19.4 Å². The Morgan fingerprint density at radius 1 is 1.14 bits per heavy atom. The summed E-state index contributed by atoms with van der Waals surface area (Å²) in [4.78, 5) is 29.6. The van der Waals surface area contributed by atoms with Gasteiger partial charge in [-0.3, -0.25) is 9.69 Å². The Kier molecular flexibility index (Phi) is 4.03. The highest BCUT2D eigenvalue weighted by molar-refractivity contribution is 5.77. The molecule has 2 heterocycles. The first-order chi connectivity index (χ1) is 10.1. The smallest absolute Gasteiger partial charge is 0.320 e. The third kappa shape index (κ3) is 2.98. The van der Waals surface area contributed by atoms with Gasteiger partial charge in [-0.25, -0.2) is 4.79 Å². The van der Waals surface area contributed by atoms with Gasteiger partial charge in [-0.1, -0.05) is 0 Å². The second-order valence-corrected chi connectivity index (χ2v) is 6.20. The van der Waals surface area contributed by atoms with E-state index in [0.717, 1.165) is 32.2 Å². The number of carbonyl (C=O) groups is 2. The molecule has 3 rings (SSSR count). The van der Waals surface area contributed by atoms with Crippen LogP contribution in [-0.2, 0) is 9.53 Å². The molecule has 2 atom stereocenters. The molecule has 1 aliphatic carbocycles. The van der Waals surface area contributed by atoms with Crippen molar-refractivity contribution in [3.63, 3.8) is 0 Å². The molecule has 1 N–H and O–H groups in total. The van der Waals surface area contributed by atoms with Crippen molar-refractivity contribution in [3.8, 4) is 0 Å². The number of carbonyl (C=O) groups excluding carboxylic acids is 1. The largest absolute Gasteiger partial charge is 0.481 e. The van der Waals surface area contributed by atoms with Crippen LogP contribution in [0.5, 0.6) is 0 Å². The summed E-state index contributed by atoms with van der Waals surface area (Å²) in [5, 5.41) is 9.19. The zero-order valence-electron chi connectivity index (χ0n) is 12.4. The molecule has 0 aromatic heterocycles. The van der Waals surface area contributed by atoms with Crippen molar-refractivity contribution in [2.24, 2.45) is 5.92 Å². The molecule has 118 valence electrons. The van der Waals surface area contributed by atoms with E-state index < -0.39 is 11.9 Å². The van der Waals surface area contributed by atoms with E-state index in [-0.39, 0.29) is 18.7 Å². The normalized spacial score (nSPS) is 30.4. The fourth-order valence-corrected chi connectivity index (χ4v) is 3.24. The number of urea groups is 1. The number of piperazine rings is 1. The molecule has 0 bridgehead atoms. The van der Waals surface area contributed by atoms with Crippen molar-refractivity contribution in [2.75, 3.05) is 46.4 Å². The van der Waals surface area contributed by atoms with Gasteiger partial charge in [-0.15, -0.1) is 0 Å². The minimum atomic E-state index is -0.893. The van der Waals surface area contributed by atoms with Crippen LogP contribution in [0.1, 0.15) is 12.8 Å². The fourth-order valence-electron chi connectivity index (χ4n) is 3.24. The minimum Gasteiger partial charge on any atom is -0.481 e. The third-order valence-corrected chi connectivity index (χ3v) is 4.81. The molecule has 21 heavy (non-hydrogen) atoms. The van der Waals surface area contributed by atoms with Gasteiger partial charge in [0.05, 0.1) is 19.3 Å². The first-order valence-electron chi connectivity index (χ1n) is 7.64. The van der Waals surface area contributed by atoms with E-state index in [1.54, 1.807) is 11.9 Å². The second-order valence-electron chi connectivity index (χ2n) is 6.20. The standard InChI is InChI=1S/C14H23N3O4/c1-15(12-9-21-8-11(12)13(18)19)14(20)17-6-4-16(5-7-17)10-2-3-10/h10-12H,2-9H2,1H3,(H,18,19). The average Bonchev–Trinajstić information content (AvgIpc) is 3.22. The maximum absolute atomic E-state index is 12.5. The Bertz CT molecular complexity index is 418. The number of amides is 2. The van der Waals surface area contributed by atoms with E-state index in [1.807, 2.05) is 4.90 Å². The molecule has 0 aromatic rings. The minimum absolute atomic E-state index is 0.0767. The van der Waals surface area contributed by atoms with Gasteiger partial charge in [0.1, 0.15) is 5.92 Å². The summed E-state index contributed by atoms with van der Waals surface area (Å²) in [5.41, 5.74) is 0. The number of carboxylic acids is 1. The number of aliphatic carboxylic acids is 1. The number of carboxylic acid groups (broad SMARTS) is 1. The molecule has 2 aliphatic heterocycles. The van der Waals surface area contributed by atoms with Crippen molar-refractivity contribution >= 4 is 12.0 Å². The zero-order valence-corrected chi connectivity index (χ0v) is 12.4. The van der Waals surface area contributed by atoms with Crippen molar-refractivity contribution in [3.05, 3.63) is 0 Å². The predicted molar refractivity (Wildman–Crippen MR) is 75.1 cm³/mol. The number of hydrogen-bond acceptors (Lipinski definition) is 4. The van der Waals surface area contributed by atoms with Gasteiger partial charge in [0.2, 0.25) is 0 Å². The lowest BCUT2D eigenvalue weighted by Crippen LogP contribution is -2.55. The number of hydrogen-bond donors (Lipinski definition) is 1. The summed E-state index contributed by atoms with van der Waals surface area (Å²) in [7, 11) is 1.69. The molecule has 0 radical (unpaired) electrons. The van der Waals surface area contributed by atoms with Crippen molar-refractivity contribution in [2.45, 2.75) is 24.9 Å². The molecular formula is C14H23N3O4. The monoisotopic (exact) mass is 297 g/mol. The van der Waals surface area contributed by atoms with Crippen LogP contribution in [0.15, 0.2) is 0 Å². The van der Waals surface area contributed by atoms with Gasteiger partial charge < -0.3 is 19.6 Å². The molecule has 3 aliphatic rings. The third-order valence-electron chi connectivity index (χ3n) is 4.81. The summed E-state index contributed by atoms with van der Waals surface area (Å²) >= 11 is 0. The second kappa shape index (κ2) is 5.81. The maximum Gasteiger partial charge on any atom is 0.320 e. The molecule has 0 spiro atoms. The van der Waals surface area contributed by atoms with Gasteiger partial charge in [0.25, 0.3) is 0 Å². The molecule has 7 nitrogen and oxygen atoms in total. The van der Waals surface area contributed by atoms with Crippen molar-refractivity contribution in [1.82, 2.24) is 14.7 Å². The first kappa shape index (κ1) is 14.6. The average molecular weight is 297 g/mol. The molecule has 7 heteroatoms. The highest BCUT2D eigenvalue weighted by atomic mass is 16.5. The van der Waals surface area contributed by atoms with E-state index in [2.05, 4.69) is 4.90 Å². The summed E-state index contributed by atoms with van der Waals surface area (Å²) in [6.07, 6.45) is 2.57. The van der Waals surface area contributed by atoms with Gasteiger partial charge in [-0.05, 0) is 12.8 Å². The Hall–Kier alpha value is -1.34. The van der Waals surface area contributed by atoms with Crippen LogP contribution in [0.4, 0.5) is 4.79 Å². The topological polar surface area (TPSA) is 73.3 Å². The highest BCUT2D eigenvalue weighted by Gasteiger charge is 2.40. The molecule has 0 aromatic carbocycles. The Morgan fingerprint density at radius 3 is 2.38 bits per heavy atom. The lowest BCUT2D eigenvalue weighted by molar-refractivity contribution is -0.142. The first-order valence-corrected chi connectivity index (χ1v) is 7.64. The van der Waals surface area contributed by atoms with Crippen LogP contribution >= 0.6 is 0 Å². The van der Waals surface area contributed by atoms with E-state index >= 15 is 0 Å². The van der Waals surface area contributed by atoms with E-state index in [1.165, 1.54) is 12.8 Å². The van der Waals surface area contributed by atoms with Gasteiger partial charge in [-0.2, -0.15) is 0 Å². The Labute approximate surface area is 124 Å². The molecule has 2 unspecified atom stereocenters. The number of likely N-dealkylation sites (N-methyl/N-ethyl adjacent to an activating group) is 1. The van der Waals surface area contributed by atoms with Crippen LogP contribution in [-0.4, -0.2) is 90.3 Å². The fraction of sp³-hybridized carbons (Fsp3) is 0.857. The lowest BCUT2D eigenvalue weighted by Gasteiger charge is -2.38. The Balaban J connectivity index is 1.55. The summed E-state index contributed by atoms with van der Waals surface area (Å²) in [6.45, 7) is 3.80. The number of rotatable bonds is 3. The molecule has 3 fully saturated rings. The molecule has 2 amide bonds. The highest BCUT2D eigenvalue weighted by Crippen LogP contribution is 2.28. The Morgan fingerprint density at radius 2 is 1.81 bits per heavy atom. The zero-order chi connectivity index (χ0) is 15.0. The van der Waals surface area contributed by atoms with Gasteiger partial charge in [0, 0.05) is 39.3 Å². The summed E-state index contributed by atoms with van der Waals surface area (Å²) < 4.78 is 5.24. The van der Waals surface area contributed by atoms with Crippen LogP contribution in [0.25, 0.3) is 0 Å². The molecule has 1 saturated carbocycles. The van der Waals surface area contributed by atoms with Crippen LogP contribution in [0.2, 0.25) is 0 Å². The van der Waals surface area contributed by atoms with Gasteiger partial charge >= 0.3 is 12.0 Å². The summed E-state index contributed by atoms with van der Waals surface area (Å²) in [5.74, 6) is -1.51. The van der Waals surface area contributed by atoms with Crippen molar-refractivity contribution in [1.29, 1.82) is 0 Å². The van der Waals surface area contributed by atoms with Crippen LogP contribution < -0.4 is 0 Å². The SMILES string of the molecule is CN(C(=O)N1CCN(C2CC2)CC1)C1COCC1C(=O)O. The number of ether oxygens (including phenoxy) is 1. The van der Waals surface area contributed by atoms with Gasteiger partial charge in [0.15, 0.2) is 0 Å². The quantitative estimate of drug-likeness (QED) is 0.788. The van der Waals surface area contributed by atoms with Crippen LogP contribution in [0, 0.1) is 5.92 Å². The van der Waals surface area contributed by atoms with E-state index in [0.29, 0.717) is 6.61 Å². The number of nitrogens with zero attached hydrogens (tertiary/aromatic N) is 3. The predicted octanol–water partition coefficient (Wildman–Crippen LogP) is -0.0822. The molecular weight excluding hydrogens is 274 g/mol. The summed E-state index contributed by atoms with van der Waals surface area (Å²) in [6, 6.07) is 0.295. The molecule has 2 saturated heterocycles. The maximum atomic E-state index is 12.5. The van der Waals surface area contributed by atoms with E-state index in [4.69, 9.17) is 4.74 Å². The van der Waals surface area contributed by atoms with Crippen LogP contribution in [0.3, 0.4) is 0 Å². The lowest BCUT2D eigenvalue weighted by atomic mass is 10.0. The van der Waals surface area contributed by atoms with E-state index in [9.17, 15) is 14.7 Å².